The molecule has 8 heteroatoms. The van der Waals surface area contributed by atoms with Crippen LogP contribution in [0.5, 0.6) is 0 Å². The van der Waals surface area contributed by atoms with Gasteiger partial charge in [0.1, 0.15) is 6.54 Å². The third-order valence-electron chi connectivity index (χ3n) is 5.92. The summed E-state index contributed by atoms with van der Waals surface area (Å²) in [6.07, 6.45) is 1.60. The van der Waals surface area contributed by atoms with Gasteiger partial charge in [-0.2, -0.15) is 0 Å². The van der Waals surface area contributed by atoms with Crippen LogP contribution < -0.4 is 10.6 Å². The summed E-state index contributed by atoms with van der Waals surface area (Å²) in [7, 11) is 0. The first kappa shape index (κ1) is 22.6. The number of amides is 4. The molecule has 0 radical (unpaired) electrons. The van der Waals surface area contributed by atoms with Crippen molar-refractivity contribution in [3.05, 3.63) is 88.1 Å². The van der Waals surface area contributed by atoms with Crippen molar-refractivity contribution in [3.8, 4) is 0 Å². The number of hydrogen-bond donors (Lipinski definition) is 2. The molecule has 0 aromatic heterocycles. The average molecular weight is 465 g/mol. The molecule has 0 fully saturated rings. The van der Waals surface area contributed by atoms with E-state index < -0.39 is 6.04 Å². The summed E-state index contributed by atoms with van der Waals surface area (Å²) < 4.78 is 0. The summed E-state index contributed by atoms with van der Waals surface area (Å²) in [5, 5.41) is 6.26. The maximum Gasteiger partial charge on any atom is 0.322 e. The second kappa shape index (κ2) is 9.11. The first-order valence-electron chi connectivity index (χ1n) is 10.6. The van der Waals surface area contributed by atoms with Crippen LogP contribution in [0, 0.1) is 13.8 Å². The molecule has 1 atom stereocenters. The first-order valence-corrected chi connectivity index (χ1v) is 11.0. The molecule has 0 saturated heterocycles. The molecule has 0 unspecified atom stereocenters. The van der Waals surface area contributed by atoms with Gasteiger partial charge in [-0.3, -0.25) is 14.5 Å². The Bertz CT molecular complexity index is 1190. The standard InChI is InChI=1S/C25H25ClN4O3/c1-4-10-30-20-13-29(14-21(31)27-19-9-8-15(2)16(3)11-19)24(32)22(20)23(28-25(30)33)17-6-5-7-18(26)12-17/h4-9,11-12,23H,1,10,13-14H2,2-3H3,(H,27,31)(H,28,33)/t23-/m1/s1. The molecular weight excluding hydrogens is 440 g/mol. The molecule has 2 N–H and O–H groups in total. The third-order valence-corrected chi connectivity index (χ3v) is 6.15. The highest BCUT2D eigenvalue weighted by atomic mass is 35.5. The Morgan fingerprint density at radius 3 is 2.70 bits per heavy atom. The lowest BCUT2D eigenvalue weighted by Crippen LogP contribution is -2.47. The zero-order valence-electron chi connectivity index (χ0n) is 18.5. The maximum atomic E-state index is 13.4. The van der Waals surface area contributed by atoms with Gasteiger partial charge in [-0.1, -0.05) is 35.9 Å². The van der Waals surface area contributed by atoms with Crippen molar-refractivity contribution in [2.24, 2.45) is 0 Å². The Morgan fingerprint density at radius 2 is 2.00 bits per heavy atom. The molecule has 0 bridgehead atoms. The van der Waals surface area contributed by atoms with Gasteiger partial charge in [0.2, 0.25) is 5.91 Å². The van der Waals surface area contributed by atoms with Gasteiger partial charge in [0.25, 0.3) is 5.91 Å². The van der Waals surface area contributed by atoms with Crippen molar-refractivity contribution in [2.75, 3.05) is 25.0 Å². The largest absolute Gasteiger partial charge is 0.326 e. The van der Waals surface area contributed by atoms with Crippen molar-refractivity contribution in [1.29, 1.82) is 0 Å². The molecule has 2 aliphatic heterocycles. The van der Waals surface area contributed by atoms with E-state index >= 15 is 0 Å². The number of urea groups is 1. The van der Waals surface area contributed by atoms with Crippen LogP contribution in [0.25, 0.3) is 0 Å². The fourth-order valence-electron chi connectivity index (χ4n) is 4.13. The van der Waals surface area contributed by atoms with Crippen molar-refractivity contribution >= 4 is 35.1 Å². The summed E-state index contributed by atoms with van der Waals surface area (Å²) in [5.41, 5.74) is 4.60. The van der Waals surface area contributed by atoms with Crippen molar-refractivity contribution in [3.63, 3.8) is 0 Å². The van der Waals surface area contributed by atoms with Crippen molar-refractivity contribution < 1.29 is 14.4 Å². The Balaban J connectivity index is 1.58. The fourth-order valence-corrected chi connectivity index (χ4v) is 4.33. The highest BCUT2D eigenvalue weighted by molar-refractivity contribution is 6.30. The lowest BCUT2D eigenvalue weighted by Gasteiger charge is -2.33. The van der Waals surface area contributed by atoms with E-state index in [0.29, 0.717) is 27.5 Å². The quantitative estimate of drug-likeness (QED) is 0.635. The number of aryl methyl sites for hydroxylation is 2. The molecule has 2 aromatic rings. The molecule has 170 valence electrons. The molecule has 4 rings (SSSR count). The molecule has 2 heterocycles. The number of halogens is 1. The molecule has 0 spiro atoms. The van der Waals surface area contributed by atoms with Crippen molar-refractivity contribution in [1.82, 2.24) is 15.1 Å². The van der Waals surface area contributed by atoms with E-state index in [2.05, 4.69) is 17.2 Å². The van der Waals surface area contributed by atoms with Crippen LogP contribution in [0.1, 0.15) is 22.7 Å². The summed E-state index contributed by atoms with van der Waals surface area (Å²) in [5.74, 6) is -0.598. The van der Waals surface area contributed by atoms with Crippen LogP contribution in [0.4, 0.5) is 10.5 Å². The lowest BCUT2D eigenvalue weighted by atomic mass is 9.95. The first-order chi connectivity index (χ1) is 15.8. The van der Waals surface area contributed by atoms with Gasteiger partial charge >= 0.3 is 6.03 Å². The van der Waals surface area contributed by atoms with Crippen LogP contribution >= 0.6 is 11.6 Å². The van der Waals surface area contributed by atoms with Crippen LogP contribution in [0.2, 0.25) is 5.02 Å². The summed E-state index contributed by atoms with van der Waals surface area (Å²) in [6, 6.07) is 11.7. The normalized spacial score (nSPS) is 17.7. The minimum atomic E-state index is -0.646. The van der Waals surface area contributed by atoms with E-state index in [-0.39, 0.29) is 37.5 Å². The Morgan fingerprint density at radius 1 is 1.21 bits per heavy atom. The molecule has 2 aromatic carbocycles. The zero-order chi connectivity index (χ0) is 23.7. The smallest absolute Gasteiger partial charge is 0.322 e. The van der Waals surface area contributed by atoms with Gasteiger partial charge in [0.15, 0.2) is 0 Å². The predicted octanol–water partition coefficient (Wildman–Crippen LogP) is 3.94. The highest BCUT2D eigenvalue weighted by Crippen LogP contribution is 2.36. The number of nitrogens with zero attached hydrogens (tertiary/aromatic N) is 2. The third kappa shape index (κ3) is 4.50. The van der Waals surface area contributed by atoms with Gasteiger partial charge in [-0.25, -0.2) is 4.79 Å². The number of carbonyl (C=O) groups excluding carboxylic acids is 3. The van der Waals surface area contributed by atoms with Gasteiger partial charge < -0.3 is 15.5 Å². The van der Waals surface area contributed by atoms with E-state index in [1.165, 1.54) is 9.80 Å². The van der Waals surface area contributed by atoms with Crippen LogP contribution in [-0.4, -0.2) is 47.3 Å². The van der Waals surface area contributed by atoms with Crippen LogP contribution in [-0.2, 0) is 9.59 Å². The second-order valence-electron chi connectivity index (χ2n) is 8.21. The number of nitrogens with one attached hydrogen (secondary N) is 2. The summed E-state index contributed by atoms with van der Waals surface area (Å²) >= 11 is 6.15. The van der Waals surface area contributed by atoms with Gasteiger partial charge in [-0.05, 0) is 54.8 Å². The molecule has 0 saturated carbocycles. The van der Waals surface area contributed by atoms with Crippen molar-refractivity contribution in [2.45, 2.75) is 19.9 Å². The number of carbonyl (C=O) groups is 3. The number of rotatable bonds is 6. The van der Waals surface area contributed by atoms with Gasteiger partial charge in [-0.15, -0.1) is 6.58 Å². The molecule has 7 nitrogen and oxygen atoms in total. The average Bonchev–Trinajstić information content (AvgIpc) is 3.08. The predicted molar refractivity (Wildman–Crippen MR) is 128 cm³/mol. The highest BCUT2D eigenvalue weighted by Gasteiger charge is 2.44. The van der Waals surface area contributed by atoms with Gasteiger partial charge in [0.05, 0.1) is 23.9 Å². The summed E-state index contributed by atoms with van der Waals surface area (Å²) in [6.45, 7) is 7.97. The zero-order valence-corrected chi connectivity index (χ0v) is 19.3. The SMILES string of the molecule is C=CCN1C(=O)N[C@H](c2cccc(Cl)c2)C2=C1CN(CC(=O)Nc1ccc(C)c(C)c1)C2=O. The lowest BCUT2D eigenvalue weighted by molar-refractivity contribution is -0.130. The number of hydrogen-bond acceptors (Lipinski definition) is 3. The van der Waals surface area contributed by atoms with E-state index in [0.717, 1.165) is 11.1 Å². The maximum absolute atomic E-state index is 13.4. The van der Waals surface area contributed by atoms with E-state index in [4.69, 9.17) is 11.6 Å². The number of anilines is 1. The Labute approximate surface area is 197 Å². The van der Waals surface area contributed by atoms with Gasteiger partial charge in [0, 0.05) is 17.3 Å². The van der Waals surface area contributed by atoms with E-state index in [1.54, 1.807) is 24.3 Å². The minimum absolute atomic E-state index is 0.128. The summed E-state index contributed by atoms with van der Waals surface area (Å²) in [4.78, 5) is 41.9. The fraction of sp³-hybridized carbons (Fsp3) is 0.240. The minimum Gasteiger partial charge on any atom is -0.326 e. The van der Waals surface area contributed by atoms with Crippen LogP contribution in [0.3, 0.4) is 0 Å². The molecular formula is C25H25ClN4O3. The second-order valence-corrected chi connectivity index (χ2v) is 8.64. The van der Waals surface area contributed by atoms with E-state index in [1.807, 2.05) is 38.1 Å². The molecule has 2 aliphatic rings. The molecule has 0 aliphatic carbocycles. The number of benzene rings is 2. The monoisotopic (exact) mass is 464 g/mol. The Kier molecular flexibility index (Phi) is 6.24. The van der Waals surface area contributed by atoms with E-state index in [9.17, 15) is 14.4 Å². The molecule has 4 amide bonds. The van der Waals surface area contributed by atoms with Crippen LogP contribution in [0.15, 0.2) is 66.4 Å². The topological polar surface area (TPSA) is 81.8 Å². The Hall–Kier alpha value is -3.58. The molecule has 33 heavy (non-hydrogen) atoms.